The minimum absolute atomic E-state index is 0.260. The lowest BCUT2D eigenvalue weighted by Crippen LogP contribution is -2.06. The molecular weight excluding hydrogens is 296 g/mol. The Morgan fingerprint density at radius 2 is 2.14 bits per heavy atom. The smallest absolute Gasteiger partial charge is 0.341 e. The number of hydrogen-bond acceptors (Lipinski definition) is 6. The van der Waals surface area contributed by atoms with Crippen molar-refractivity contribution in [2.45, 2.75) is 20.5 Å². The van der Waals surface area contributed by atoms with Gasteiger partial charge in [0.1, 0.15) is 11.8 Å². The number of carbonyl (C=O) groups is 1. The number of nitrogens with zero attached hydrogens (tertiary/aromatic N) is 4. The molecule has 0 saturated carbocycles. The van der Waals surface area contributed by atoms with Crippen LogP contribution < -0.4 is 0 Å². The zero-order valence-electron chi connectivity index (χ0n) is 11.7. The van der Waals surface area contributed by atoms with E-state index in [-0.39, 0.29) is 11.8 Å². The number of rotatable bonds is 6. The Balaban J connectivity index is 2.25. The molecule has 0 bridgehead atoms. The average molecular weight is 311 g/mol. The van der Waals surface area contributed by atoms with Crippen LogP contribution in [0.3, 0.4) is 0 Å². The van der Waals surface area contributed by atoms with Crippen LogP contribution in [0.15, 0.2) is 18.5 Å². The lowest BCUT2D eigenvalue weighted by atomic mass is 10.4. The van der Waals surface area contributed by atoms with Gasteiger partial charge in [0, 0.05) is 18.9 Å². The van der Waals surface area contributed by atoms with E-state index in [1.165, 1.54) is 17.1 Å². The van der Waals surface area contributed by atoms with Crippen LogP contribution in [0.4, 0.5) is 0 Å². The van der Waals surface area contributed by atoms with Gasteiger partial charge >= 0.3 is 5.97 Å². The third-order valence-corrected chi connectivity index (χ3v) is 2.69. The van der Waals surface area contributed by atoms with E-state index in [4.69, 9.17) is 21.1 Å². The minimum Gasteiger partial charge on any atom is -0.462 e. The second kappa shape index (κ2) is 7.14. The van der Waals surface area contributed by atoms with E-state index in [1.807, 2.05) is 6.92 Å². The second-order valence-corrected chi connectivity index (χ2v) is 4.38. The summed E-state index contributed by atoms with van der Waals surface area (Å²) in [6, 6.07) is 1.55. The van der Waals surface area contributed by atoms with Crippen LogP contribution in [-0.2, 0) is 16.1 Å². The molecule has 0 saturated heterocycles. The Kier molecular flexibility index (Phi) is 5.24. The van der Waals surface area contributed by atoms with E-state index >= 15 is 0 Å². The molecule has 0 amide bonds. The number of ether oxygens (including phenoxy) is 2. The summed E-state index contributed by atoms with van der Waals surface area (Å²) in [5.74, 6) is 0.478. The fourth-order valence-corrected chi connectivity index (χ4v) is 1.79. The molecule has 0 aliphatic rings. The fraction of sp³-hybridized carbons (Fsp3) is 0.385. The highest BCUT2D eigenvalue weighted by molar-refractivity contribution is 6.29. The Labute approximate surface area is 126 Å². The zero-order chi connectivity index (χ0) is 15.2. The molecule has 0 aliphatic carbocycles. The van der Waals surface area contributed by atoms with Crippen molar-refractivity contribution < 1.29 is 14.3 Å². The highest BCUT2D eigenvalue weighted by atomic mass is 35.5. The largest absolute Gasteiger partial charge is 0.462 e. The zero-order valence-corrected chi connectivity index (χ0v) is 12.5. The predicted octanol–water partition coefficient (Wildman–Crippen LogP) is 2.03. The molecular formula is C13H15ClN4O3. The van der Waals surface area contributed by atoms with Gasteiger partial charge in [0.2, 0.25) is 0 Å². The summed E-state index contributed by atoms with van der Waals surface area (Å²) >= 11 is 5.96. The number of carbonyl (C=O) groups excluding carboxylic acids is 1. The van der Waals surface area contributed by atoms with Crippen molar-refractivity contribution in [1.82, 2.24) is 19.7 Å². The van der Waals surface area contributed by atoms with Gasteiger partial charge in [-0.2, -0.15) is 5.10 Å². The standard InChI is InChI=1S/C13H15ClN4O3/c1-3-20-8-11-16-10(14)5-12(17-11)18-7-9(6-15-18)13(19)21-4-2/h5-7H,3-4,8H2,1-2H3. The molecule has 8 heteroatoms. The molecule has 21 heavy (non-hydrogen) atoms. The molecule has 0 fully saturated rings. The van der Waals surface area contributed by atoms with Gasteiger partial charge in [0.15, 0.2) is 11.6 Å². The van der Waals surface area contributed by atoms with Crippen LogP contribution >= 0.6 is 11.6 Å². The number of aromatic nitrogens is 4. The molecule has 2 aromatic heterocycles. The Hall–Kier alpha value is -1.99. The molecule has 0 aromatic carbocycles. The minimum atomic E-state index is -0.432. The summed E-state index contributed by atoms with van der Waals surface area (Å²) in [7, 11) is 0. The predicted molar refractivity (Wildman–Crippen MR) is 75.5 cm³/mol. The molecule has 2 heterocycles. The van der Waals surface area contributed by atoms with Crippen LogP contribution in [0.1, 0.15) is 30.0 Å². The first-order chi connectivity index (χ1) is 10.1. The van der Waals surface area contributed by atoms with E-state index < -0.39 is 5.97 Å². The third kappa shape index (κ3) is 3.99. The van der Waals surface area contributed by atoms with Crippen molar-refractivity contribution in [1.29, 1.82) is 0 Å². The van der Waals surface area contributed by atoms with Crippen molar-refractivity contribution in [3.63, 3.8) is 0 Å². The monoisotopic (exact) mass is 310 g/mol. The van der Waals surface area contributed by atoms with Gasteiger partial charge in [-0.05, 0) is 13.8 Å². The van der Waals surface area contributed by atoms with E-state index in [2.05, 4.69) is 15.1 Å². The molecule has 112 valence electrons. The highest BCUT2D eigenvalue weighted by Crippen LogP contribution is 2.13. The Morgan fingerprint density at radius 3 is 2.86 bits per heavy atom. The number of hydrogen-bond donors (Lipinski definition) is 0. The first-order valence-electron chi connectivity index (χ1n) is 6.47. The Bertz CT molecular complexity index is 630. The topological polar surface area (TPSA) is 79.1 Å². The van der Waals surface area contributed by atoms with Gasteiger partial charge in [-0.1, -0.05) is 11.6 Å². The molecule has 0 radical (unpaired) electrons. The van der Waals surface area contributed by atoms with Gasteiger partial charge in [-0.15, -0.1) is 0 Å². The van der Waals surface area contributed by atoms with E-state index in [0.717, 1.165) is 0 Å². The summed E-state index contributed by atoms with van der Waals surface area (Å²) in [4.78, 5) is 20.0. The van der Waals surface area contributed by atoms with Gasteiger partial charge in [-0.3, -0.25) is 0 Å². The summed E-state index contributed by atoms with van der Waals surface area (Å²) < 4.78 is 11.6. The summed E-state index contributed by atoms with van der Waals surface area (Å²) in [6.45, 7) is 4.75. The molecule has 0 atom stereocenters. The maximum Gasteiger partial charge on any atom is 0.341 e. The number of halogens is 1. The SMILES string of the molecule is CCOCc1nc(Cl)cc(-n2cc(C(=O)OCC)cn2)n1. The lowest BCUT2D eigenvalue weighted by molar-refractivity contribution is 0.0526. The fourth-order valence-electron chi connectivity index (χ4n) is 1.59. The van der Waals surface area contributed by atoms with Gasteiger partial charge < -0.3 is 9.47 Å². The van der Waals surface area contributed by atoms with Crippen molar-refractivity contribution in [2.24, 2.45) is 0 Å². The first-order valence-corrected chi connectivity index (χ1v) is 6.85. The first kappa shape index (κ1) is 15.4. The number of esters is 1. The molecule has 0 N–H and O–H groups in total. The summed E-state index contributed by atoms with van der Waals surface area (Å²) in [6.07, 6.45) is 2.94. The van der Waals surface area contributed by atoms with Gasteiger partial charge in [0.05, 0.1) is 18.4 Å². The van der Waals surface area contributed by atoms with Crippen molar-refractivity contribution >= 4 is 17.6 Å². The maximum atomic E-state index is 11.6. The van der Waals surface area contributed by atoms with Crippen LogP contribution in [0.5, 0.6) is 0 Å². The van der Waals surface area contributed by atoms with E-state index in [9.17, 15) is 4.79 Å². The average Bonchev–Trinajstić information content (AvgIpc) is 2.95. The van der Waals surface area contributed by atoms with Crippen molar-refractivity contribution in [3.05, 3.63) is 35.0 Å². The highest BCUT2D eigenvalue weighted by Gasteiger charge is 2.12. The van der Waals surface area contributed by atoms with Crippen LogP contribution in [0, 0.1) is 0 Å². The molecule has 0 spiro atoms. The molecule has 2 aromatic rings. The van der Waals surface area contributed by atoms with Gasteiger partial charge in [-0.25, -0.2) is 19.4 Å². The van der Waals surface area contributed by atoms with Crippen molar-refractivity contribution in [2.75, 3.05) is 13.2 Å². The summed E-state index contributed by atoms with van der Waals surface area (Å²) in [5, 5.41) is 4.36. The summed E-state index contributed by atoms with van der Waals surface area (Å²) in [5.41, 5.74) is 0.345. The van der Waals surface area contributed by atoms with Crippen LogP contribution in [0.2, 0.25) is 5.15 Å². The molecule has 0 aliphatic heterocycles. The maximum absolute atomic E-state index is 11.6. The molecule has 0 unspecified atom stereocenters. The van der Waals surface area contributed by atoms with E-state index in [1.54, 1.807) is 13.0 Å². The Morgan fingerprint density at radius 1 is 1.33 bits per heavy atom. The van der Waals surface area contributed by atoms with Crippen LogP contribution in [0.25, 0.3) is 5.82 Å². The van der Waals surface area contributed by atoms with Crippen LogP contribution in [-0.4, -0.2) is 38.9 Å². The normalized spacial score (nSPS) is 10.6. The lowest BCUT2D eigenvalue weighted by Gasteiger charge is -2.05. The quantitative estimate of drug-likeness (QED) is 0.600. The van der Waals surface area contributed by atoms with Crippen molar-refractivity contribution in [3.8, 4) is 5.82 Å². The van der Waals surface area contributed by atoms with E-state index in [0.29, 0.717) is 30.4 Å². The third-order valence-electron chi connectivity index (χ3n) is 2.49. The molecule has 2 rings (SSSR count). The molecule has 7 nitrogen and oxygen atoms in total. The van der Waals surface area contributed by atoms with Gasteiger partial charge in [0.25, 0.3) is 0 Å². The second-order valence-electron chi connectivity index (χ2n) is 4.00.